The minimum atomic E-state index is -0.444. The first kappa shape index (κ1) is 17.5. The first-order valence-corrected chi connectivity index (χ1v) is 8.90. The molecule has 0 saturated carbocycles. The van der Waals surface area contributed by atoms with E-state index in [2.05, 4.69) is 29.1 Å². The monoisotopic (exact) mass is 341 g/mol. The maximum Gasteiger partial charge on any atom is 0.410 e. The first-order chi connectivity index (χ1) is 11.8. The van der Waals surface area contributed by atoms with Crippen LogP contribution < -0.4 is 4.90 Å². The zero-order valence-corrected chi connectivity index (χ0v) is 15.5. The van der Waals surface area contributed by atoms with Gasteiger partial charge in [0.15, 0.2) is 0 Å². The highest BCUT2D eigenvalue weighted by Gasteiger charge is 2.28. The van der Waals surface area contributed by atoms with Crippen LogP contribution in [0.15, 0.2) is 36.5 Å². The summed E-state index contributed by atoms with van der Waals surface area (Å²) in [6.07, 6.45) is 3.53. The van der Waals surface area contributed by atoms with Crippen LogP contribution in [0.5, 0.6) is 0 Å². The Balaban J connectivity index is 1.67. The number of hydrogen-bond donors (Lipinski definition) is 0. The molecule has 1 aliphatic heterocycles. The quantitative estimate of drug-likeness (QED) is 0.826. The van der Waals surface area contributed by atoms with E-state index in [4.69, 9.17) is 4.74 Å². The van der Waals surface area contributed by atoms with E-state index in [0.29, 0.717) is 6.04 Å². The number of carbonyl (C=O) groups is 1. The number of pyridine rings is 1. The number of likely N-dealkylation sites (tertiary alicyclic amines) is 1. The Kier molecular flexibility index (Phi) is 4.84. The van der Waals surface area contributed by atoms with E-state index in [1.165, 1.54) is 11.1 Å². The number of nitrogens with zero attached hydrogens (tertiary/aromatic N) is 3. The molecule has 5 heteroatoms. The first-order valence-electron chi connectivity index (χ1n) is 8.90. The highest BCUT2D eigenvalue weighted by molar-refractivity contribution is 5.91. The highest BCUT2D eigenvalue weighted by Crippen LogP contribution is 2.28. The largest absolute Gasteiger partial charge is 0.444 e. The van der Waals surface area contributed by atoms with Crippen molar-refractivity contribution in [2.45, 2.75) is 45.3 Å². The molecule has 0 radical (unpaired) electrons. The van der Waals surface area contributed by atoms with E-state index in [0.717, 1.165) is 31.4 Å². The van der Waals surface area contributed by atoms with Crippen molar-refractivity contribution in [3.05, 3.63) is 36.5 Å². The SMILES string of the molecule is CN(c1ccnc2ccccc12)C1CCN(C(=O)OC(C)(C)C)CC1. The summed E-state index contributed by atoms with van der Waals surface area (Å²) >= 11 is 0. The Labute approximate surface area is 149 Å². The molecular formula is C20H27N3O2. The Hall–Kier alpha value is -2.30. The van der Waals surface area contributed by atoms with Crippen LogP contribution in [0, 0.1) is 0 Å². The van der Waals surface area contributed by atoms with Gasteiger partial charge in [-0.3, -0.25) is 4.98 Å². The molecule has 2 aromatic rings. The minimum absolute atomic E-state index is 0.206. The second-order valence-corrected chi connectivity index (χ2v) is 7.66. The predicted molar refractivity (Wildman–Crippen MR) is 101 cm³/mol. The molecule has 0 unspecified atom stereocenters. The molecular weight excluding hydrogens is 314 g/mol. The number of para-hydroxylation sites is 1. The van der Waals surface area contributed by atoms with Crippen LogP contribution >= 0.6 is 0 Å². The second kappa shape index (κ2) is 6.90. The molecule has 1 aromatic heterocycles. The van der Waals surface area contributed by atoms with Crippen LogP contribution in [0.2, 0.25) is 0 Å². The van der Waals surface area contributed by atoms with Gasteiger partial charge in [0.1, 0.15) is 5.60 Å². The number of benzene rings is 1. The van der Waals surface area contributed by atoms with Crippen molar-refractivity contribution in [1.29, 1.82) is 0 Å². The zero-order chi connectivity index (χ0) is 18.0. The molecule has 3 rings (SSSR count). The Morgan fingerprint density at radius 3 is 2.56 bits per heavy atom. The maximum absolute atomic E-state index is 12.2. The molecule has 0 bridgehead atoms. The van der Waals surface area contributed by atoms with Crippen molar-refractivity contribution in [1.82, 2.24) is 9.88 Å². The number of rotatable bonds is 2. The lowest BCUT2D eigenvalue weighted by molar-refractivity contribution is 0.0205. The van der Waals surface area contributed by atoms with Crippen LogP contribution in [0.3, 0.4) is 0 Å². The van der Waals surface area contributed by atoms with E-state index >= 15 is 0 Å². The number of hydrogen-bond acceptors (Lipinski definition) is 4. The fraction of sp³-hybridized carbons (Fsp3) is 0.500. The smallest absolute Gasteiger partial charge is 0.410 e. The molecule has 1 saturated heterocycles. The number of anilines is 1. The van der Waals surface area contributed by atoms with Crippen molar-refractivity contribution < 1.29 is 9.53 Å². The lowest BCUT2D eigenvalue weighted by Gasteiger charge is -2.38. The summed E-state index contributed by atoms with van der Waals surface area (Å²) in [7, 11) is 2.13. The zero-order valence-electron chi connectivity index (χ0n) is 15.5. The molecule has 1 amide bonds. The van der Waals surface area contributed by atoms with Gasteiger partial charge in [0.2, 0.25) is 0 Å². The predicted octanol–water partition coefficient (Wildman–Crippen LogP) is 4.07. The standard InChI is InChI=1S/C20H27N3O2/c1-20(2,3)25-19(24)23-13-10-15(11-14-23)22(4)18-9-12-21-17-8-6-5-7-16(17)18/h5-9,12,15H,10-11,13-14H2,1-4H3. The Morgan fingerprint density at radius 2 is 1.88 bits per heavy atom. The Morgan fingerprint density at radius 1 is 1.20 bits per heavy atom. The number of carbonyl (C=O) groups excluding carboxylic acids is 1. The van der Waals surface area contributed by atoms with E-state index in [1.807, 2.05) is 50.1 Å². The summed E-state index contributed by atoms with van der Waals surface area (Å²) in [6.45, 7) is 7.17. The summed E-state index contributed by atoms with van der Waals surface area (Å²) in [5, 5.41) is 1.17. The van der Waals surface area contributed by atoms with E-state index < -0.39 is 5.60 Å². The number of piperidine rings is 1. The maximum atomic E-state index is 12.2. The van der Waals surface area contributed by atoms with Crippen molar-refractivity contribution >= 4 is 22.7 Å². The fourth-order valence-electron chi connectivity index (χ4n) is 3.35. The van der Waals surface area contributed by atoms with Gasteiger partial charge in [-0.1, -0.05) is 18.2 Å². The molecule has 0 spiro atoms. The van der Waals surface area contributed by atoms with Crippen LogP contribution in [0.4, 0.5) is 10.5 Å². The van der Waals surface area contributed by atoms with Gasteiger partial charge < -0.3 is 14.5 Å². The van der Waals surface area contributed by atoms with Crippen LogP contribution in [0.25, 0.3) is 10.9 Å². The normalized spacial score (nSPS) is 16.1. The molecule has 0 aliphatic carbocycles. The summed E-state index contributed by atoms with van der Waals surface area (Å²) in [6, 6.07) is 10.7. The summed E-state index contributed by atoms with van der Waals surface area (Å²) in [5.41, 5.74) is 1.76. The highest BCUT2D eigenvalue weighted by atomic mass is 16.6. The molecule has 1 fully saturated rings. The lowest BCUT2D eigenvalue weighted by atomic mass is 10.0. The minimum Gasteiger partial charge on any atom is -0.444 e. The van der Waals surface area contributed by atoms with Crippen LogP contribution in [-0.2, 0) is 4.74 Å². The topological polar surface area (TPSA) is 45.7 Å². The third kappa shape index (κ3) is 4.03. The summed E-state index contributed by atoms with van der Waals surface area (Å²) in [5.74, 6) is 0. The van der Waals surface area contributed by atoms with Crippen LogP contribution in [-0.4, -0.2) is 47.8 Å². The van der Waals surface area contributed by atoms with Gasteiger partial charge in [-0.25, -0.2) is 4.79 Å². The van der Waals surface area contributed by atoms with Gasteiger partial charge in [0.25, 0.3) is 0 Å². The van der Waals surface area contributed by atoms with Gasteiger partial charge >= 0.3 is 6.09 Å². The van der Waals surface area contributed by atoms with Crippen molar-refractivity contribution in [2.75, 3.05) is 25.0 Å². The van der Waals surface area contributed by atoms with Gasteiger partial charge in [-0.2, -0.15) is 0 Å². The molecule has 1 aliphatic rings. The number of amides is 1. The molecule has 1 aromatic carbocycles. The molecule has 0 N–H and O–H groups in total. The molecule has 25 heavy (non-hydrogen) atoms. The van der Waals surface area contributed by atoms with Gasteiger partial charge in [0, 0.05) is 43.4 Å². The Bertz CT molecular complexity index is 741. The fourth-order valence-corrected chi connectivity index (χ4v) is 3.35. The van der Waals surface area contributed by atoms with Gasteiger partial charge in [0.05, 0.1) is 5.52 Å². The molecule has 0 atom stereocenters. The average Bonchev–Trinajstić information content (AvgIpc) is 2.59. The summed E-state index contributed by atoms with van der Waals surface area (Å²) < 4.78 is 5.48. The molecule has 5 nitrogen and oxygen atoms in total. The number of aromatic nitrogens is 1. The molecule has 2 heterocycles. The number of fused-ring (bicyclic) bond motifs is 1. The van der Waals surface area contributed by atoms with Crippen molar-refractivity contribution in [2.24, 2.45) is 0 Å². The lowest BCUT2D eigenvalue weighted by Crippen LogP contribution is -2.47. The van der Waals surface area contributed by atoms with Crippen molar-refractivity contribution in [3.63, 3.8) is 0 Å². The van der Waals surface area contributed by atoms with E-state index in [1.54, 1.807) is 0 Å². The van der Waals surface area contributed by atoms with Crippen molar-refractivity contribution in [3.8, 4) is 0 Å². The van der Waals surface area contributed by atoms with E-state index in [-0.39, 0.29) is 6.09 Å². The number of ether oxygens (including phenoxy) is 1. The third-order valence-electron chi connectivity index (χ3n) is 4.67. The van der Waals surface area contributed by atoms with E-state index in [9.17, 15) is 4.79 Å². The summed E-state index contributed by atoms with van der Waals surface area (Å²) in [4.78, 5) is 20.8. The van der Waals surface area contributed by atoms with Gasteiger partial charge in [-0.05, 0) is 45.7 Å². The van der Waals surface area contributed by atoms with Gasteiger partial charge in [-0.15, -0.1) is 0 Å². The third-order valence-corrected chi connectivity index (χ3v) is 4.67. The second-order valence-electron chi connectivity index (χ2n) is 7.66. The molecule has 134 valence electrons. The van der Waals surface area contributed by atoms with Crippen LogP contribution in [0.1, 0.15) is 33.6 Å². The average molecular weight is 341 g/mol.